The summed E-state index contributed by atoms with van der Waals surface area (Å²) in [6.07, 6.45) is 3.06. The SMILES string of the molecule is CCc1ccc(N2CCN(C(=O)CSC)CC2)cc1. The van der Waals surface area contributed by atoms with Crippen LogP contribution in [0.2, 0.25) is 0 Å². The van der Waals surface area contributed by atoms with Gasteiger partial charge in [-0.2, -0.15) is 11.8 Å². The monoisotopic (exact) mass is 278 g/mol. The molecular formula is C15H22N2OS. The Morgan fingerprint density at radius 2 is 1.79 bits per heavy atom. The molecule has 19 heavy (non-hydrogen) atoms. The van der Waals surface area contributed by atoms with Gasteiger partial charge in [0.15, 0.2) is 0 Å². The summed E-state index contributed by atoms with van der Waals surface area (Å²) in [4.78, 5) is 16.2. The van der Waals surface area contributed by atoms with E-state index in [0.717, 1.165) is 32.6 Å². The summed E-state index contributed by atoms with van der Waals surface area (Å²) in [7, 11) is 0. The average molecular weight is 278 g/mol. The van der Waals surface area contributed by atoms with E-state index in [1.807, 2.05) is 11.2 Å². The molecular weight excluding hydrogens is 256 g/mol. The number of hydrogen-bond donors (Lipinski definition) is 0. The smallest absolute Gasteiger partial charge is 0.232 e. The highest BCUT2D eigenvalue weighted by Crippen LogP contribution is 2.17. The normalized spacial score (nSPS) is 15.7. The zero-order chi connectivity index (χ0) is 13.7. The zero-order valence-corrected chi connectivity index (χ0v) is 12.6. The van der Waals surface area contributed by atoms with E-state index in [-0.39, 0.29) is 5.91 Å². The Labute approximate surface area is 120 Å². The van der Waals surface area contributed by atoms with E-state index in [4.69, 9.17) is 0 Å². The molecule has 1 amide bonds. The Morgan fingerprint density at radius 3 is 2.32 bits per heavy atom. The molecule has 104 valence electrons. The number of carbonyl (C=O) groups excluding carboxylic acids is 1. The molecule has 1 aliphatic heterocycles. The summed E-state index contributed by atoms with van der Waals surface area (Å²) < 4.78 is 0. The number of thioether (sulfide) groups is 1. The first-order valence-corrected chi connectivity index (χ1v) is 8.24. The van der Waals surface area contributed by atoms with E-state index in [1.54, 1.807) is 11.8 Å². The summed E-state index contributed by atoms with van der Waals surface area (Å²) in [5.74, 6) is 0.874. The molecule has 1 fully saturated rings. The Balaban J connectivity index is 1.90. The van der Waals surface area contributed by atoms with Crippen molar-refractivity contribution in [1.82, 2.24) is 4.90 Å². The minimum atomic E-state index is 0.272. The van der Waals surface area contributed by atoms with Crippen molar-refractivity contribution in [2.45, 2.75) is 13.3 Å². The highest BCUT2D eigenvalue weighted by molar-refractivity contribution is 7.99. The van der Waals surface area contributed by atoms with Gasteiger partial charge in [0.25, 0.3) is 0 Å². The number of hydrogen-bond acceptors (Lipinski definition) is 3. The summed E-state index contributed by atoms with van der Waals surface area (Å²) >= 11 is 1.60. The predicted molar refractivity (Wildman–Crippen MR) is 83.0 cm³/mol. The lowest BCUT2D eigenvalue weighted by Gasteiger charge is -2.36. The third kappa shape index (κ3) is 3.66. The van der Waals surface area contributed by atoms with Crippen molar-refractivity contribution in [2.24, 2.45) is 0 Å². The van der Waals surface area contributed by atoms with Crippen molar-refractivity contribution < 1.29 is 4.79 Å². The number of anilines is 1. The van der Waals surface area contributed by atoms with Crippen molar-refractivity contribution >= 4 is 23.4 Å². The topological polar surface area (TPSA) is 23.6 Å². The first-order chi connectivity index (χ1) is 9.24. The summed E-state index contributed by atoms with van der Waals surface area (Å²) in [6.45, 7) is 5.73. The lowest BCUT2D eigenvalue weighted by Crippen LogP contribution is -2.49. The summed E-state index contributed by atoms with van der Waals surface area (Å²) in [6, 6.07) is 8.78. The second-order valence-electron chi connectivity index (χ2n) is 4.82. The van der Waals surface area contributed by atoms with Crippen LogP contribution >= 0.6 is 11.8 Å². The van der Waals surface area contributed by atoms with Crippen molar-refractivity contribution in [3.05, 3.63) is 29.8 Å². The Bertz CT molecular complexity index is 411. The molecule has 0 unspecified atom stereocenters. The third-order valence-corrected chi connectivity index (χ3v) is 4.15. The van der Waals surface area contributed by atoms with Crippen LogP contribution < -0.4 is 4.90 Å². The number of carbonyl (C=O) groups is 1. The van der Waals surface area contributed by atoms with Crippen LogP contribution in [0.5, 0.6) is 0 Å². The van der Waals surface area contributed by atoms with Crippen LogP contribution in [0, 0.1) is 0 Å². The number of aryl methyl sites for hydroxylation is 1. The molecule has 0 aromatic heterocycles. The summed E-state index contributed by atoms with van der Waals surface area (Å²) in [5.41, 5.74) is 2.65. The maximum atomic E-state index is 11.8. The van der Waals surface area contributed by atoms with Crippen molar-refractivity contribution in [3.63, 3.8) is 0 Å². The molecule has 2 rings (SSSR count). The van der Waals surface area contributed by atoms with Gasteiger partial charge >= 0.3 is 0 Å². The van der Waals surface area contributed by atoms with Crippen LogP contribution in [0.3, 0.4) is 0 Å². The van der Waals surface area contributed by atoms with Gasteiger partial charge in [-0.15, -0.1) is 0 Å². The van der Waals surface area contributed by atoms with Crippen LogP contribution in [0.25, 0.3) is 0 Å². The molecule has 1 aliphatic rings. The van der Waals surface area contributed by atoms with Gasteiger partial charge in [-0.3, -0.25) is 4.79 Å². The lowest BCUT2D eigenvalue weighted by molar-refractivity contribution is -0.128. The molecule has 0 bridgehead atoms. The zero-order valence-electron chi connectivity index (χ0n) is 11.8. The van der Waals surface area contributed by atoms with E-state index in [1.165, 1.54) is 11.3 Å². The molecule has 0 N–H and O–H groups in total. The van der Waals surface area contributed by atoms with Gasteiger partial charge in [0.2, 0.25) is 5.91 Å². The van der Waals surface area contributed by atoms with Gasteiger partial charge in [0.05, 0.1) is 5.75 Å². The van der Waals surface area contributed by atoms with E-state index in [0.29, 0.717) is 5.75 Å². The molecule has 1 saturated heterocycles. The molecule has 1 aromatic rings. The van der Waals surface area contributed by atoms with Gasteiger partial charge in [-0.05, 0) is 30.4 Å². The predicted octanol–water partition coefficient (Wildman–Crippen LogP) is 2.26. The van der Waals surface area contributed by atoms with Crippen molar-refractivity contribution in [2.75, 3.05) is 43.1 Å². The number of piperazine rings is 1. The standard InChI is InChI=1S/C15H22N2OS/c1-3-13-4-6-14(7-5-13)16-8-10-17(11-9-16)15(18)12-19-2/h4-7H,3,8-12H2,1-2H3. The van der Waals surface area contributed by atoms with Crippen molar-refractivity contribution in [3.8, 4) is 0 Å². The second kappa shape index (κ2) is 6.85. The average Bonchev–Trinajstić information content (AvgIpc) is 2.48. The van der Waals surface area contributed by atoms with Gasteiger partial charge in [0, 0.05) is 31.9 Å². The maximum Gasteiger partial charge on any atom is 0.232 e. The third-order valence-electron chi connectivity index (χ3n) is 3.61. The van der Waals surface area contributed by atoms with Crippen LogP contribution in [-0.4, -0.2) is 49.0 Å². The fraction of sp³-hybridized carbons (Fsp3) is 0.533. The van der Waals surface area contributed by atoms with Crippen molar-refractivity contribution in [1.29, 1.82) is 0 Å². The minimum Gasteiger partial charge on any atom is -0.368 e. The second-order valence-corrected chi connectivity index (χ2v) is 5.69. The van der Waals surface area contributed by atoms with Gasteiger partial charge in [0.1, 0.15) is 0 Å². The highest BCUT2D eigenvalue weighted by Gasteiger charge is 2.20. The molecule has 0 saturated carbocycles. The molecule has 0 aliphatic carbocycles. The summed E-state index contributed by atoms with van der Waals surface area (Å²) in [5, 5.41) is 0. The van der Waals surface area contributed by atoms with E-state index >= 15 is 0 Å². The first-order valence-electron chi connectivity index (χ1n) is 6.85. The molecule has 0 radical (unpaired) electrons. The number of nitrogens with zero attached hydrogens (tertiary/aromatic N) is 2. The molecule has 4 heteroatoms. The van der Waals surface area contributed by atoms with Crippen LogP contribution in [-0.2, 0) is 11.2 Å². The van der Waals surface area contributed by atoms with Crippen LogP contribution in [0.15, 0.2) is 24.3 Å². The van der Waals surface area contributed by atoms with Gasteiger partial charge in [-0.25, -0.2) is 0 Å². The lowest BCUT2D eigenvalue weighted by atomic mass is 10.1. The molecule has 0 spiro atoms. The fourth-order valence-corrected chi connectivity index (χ4v) is 2.80. The quantitative estimate of drug-likeness (QED) is 0.844. The maximum absolute atomic E-state index is 11.8. The van der Waals surface area contributed by atoms with E-state index in [2.05, 4.69) is 36.1 Å². The Kier molecular flexibility index (Phi) is 5.14. The first kappa shape index (κ1) is 14.3. The number of rotatable bonds is 4. The van der Waals surface area contributed by atoms with Crippen LogP contribution in [0.4, 0.5) is 5.69 Å². The largest absolute Gasteiger partial charge is 0.368 e. The number of benzene rings is 1. The highest BCUT2D eigenvalue weighted by atomic mass is 32.2. The fourth-order valence-electron chi connectivity index (χ4n) is 2.37. The molecule has 1 aromatic carbocycles. The van der Waals surface area contributed by atoms with Crippen LogP contribution in [0.1, 0.15) is 12.5 Å². The number of amides is 1. The minimum absolute atomic E-state index is 0.272. The Morgan fingerprint density at radius 1 is 1.16 bits per heavy atom. The Hall–Kier alpha value is -1.16. The molecule has 0 atom stereocenters. The van der Waals surface area contributed by atoms with E-state index in [9.17, 15) is 4.79 Å². The van der Waals surface area contributed by atoms with Gasteiger partial charge in [-0.1, -0.05) is 19.1 Å². The molecule has 3 nitrogen and oxygen atoms in total. The molecule has 1 heterocycles. The van der Waals surface area contributed by atoms with Gasteiger partial charge < -0.3 is 9.80 Å². The van der Waals surface area contributed by atoms with E-state index < -0.39 is 0 Å².